The summed E-state index contributed by atoms with van der Waals surface area (Å²) in [4.78, 5) is 22.8. The fraction of sp³-hybridized carbons (Fsp3) is 0.208. The number of phenolic OH excluding ortho intramolecular Hbond substituents is 1. The number of nitrogens with zero attached hydrogens (tertiary/aromatic N) is 2. The molecule has 0 fully saturated rings. The van der Waals surface area contributed by atoms with Gasteiger partial charge in [-0.05, 0) is 36.1 Å². The molecule has 4 aromatic rings. The standard InChI is InChI=1S/C24H22ClN3O3S/c1-3-18-19(15-9-10-17(29)21(25)13(15)2)20-22(26-12-27-23(20)32-18)28-16(24(30)31)11-14-7-5-4-6-8-14/h4-10,12,16,29H,3,11H2,1-2H3,(H,30,31)(H,26,27,28). The minimum atomic E-state index is -0.961. The number of halogens is 1. The number of fused-ring (bicyclic) bond motifs is 1. The van der Waals surface area contributed by atoms with E-state index in [0.29, 0.717) is 17.3 Å². The number of phenols is 1. The van der Waals surface area contributed by atoms with Crippen molar-refractivity contribution in [1.82, 2.24) is 9.97 Å². The summed E-state index contributed by atoms with van der Waals surface area (Å²) < 4.78 is 0. The molecule has 0 bridgehead atoms. The number of aromatic nitrogens is 2. The third-order valence-corrected chi connectivity index (χ3v) is 7.13. The van der Waals surface area contributed by atoms with E-state index in [-0.39, 0.29) is 5.75 Å². The van der Waals surface area contributed by atoms with Crippen molar-refractivity contribution in [2.24, 2.45) is 0 Å². The van der Waals surface area contributed by atoms with Gasteiger partial charge in [-0.3, -0.25) is 0 Å². The Labute approximate surface area is 194 Å². The first-order chi connectivity index (χ1) is 15.4. The number of carbonyl (C=O) groups is 1. The highest BCUT2D eigenvalue weighted by atomic mass is 35.5. The molecule has 1 atom stereocenters. The number of aliphatic carboxylic acids is 1. The van der Waals surface area contributed by atoms with Crippen LogP contribution in [0.3, 0.4) is 0 Å². The van der Waals surface area contributed by atoms with Crippen molar-refractivity contribution in [1.29, 1.82) is 0 Å². The third kappa shape index (κ3) is 4.13. The number of rotatable bonds is 7. The summed E-state index contributed by atoms with van der Waals surface area (Å²) in [5.41, 5.74) is 3.44. The molecule has 0 saturated carbocycles. The van der Waals surface area contributed by atoms with E-state index < -0.39 is 12.0 Å². The van der Waals surface area contributed by atoms with Crippen LogP contribution in [-0.4, -0.2) is 32.2 Å². The van der Waals surface area contributed by atoms with Crippen LogP contribution in [0.1, 0.15) is 22.9 Å². The monoisotopic (exact) mass is 467 g/mol. The average molecular weight is 468 g/mol. The van der Waals surface area contributed by atoms with Crippen LogP contribution < -0.4 is 5.32 Å². The lowest BCUT2D eigenvalue weighted by Gasteiger charge is -2.17. The molecular formula is C24H22ClN3O3S. The molecule has 3 N–H and O–H groups in total. The number of carboxylic acid groups (broad SMARTS) is 1. The summed E-state index contributed by atoms with van der Waals surface area (Å²) in [6, 6.07) is 12.0. The normalized spacial score (nSPS) is 12.1. The molecule has 0 radical (unpaired) electrons. The minimum Gasteiger partial charge on any atom is -0.506 e. The molecule has 0 amide bonds. The van der Waals surface area contributed by atoms with E-state index in [2.05, 4.69) is 22.2 Å². The summed E-state index contributed by atoms with van der Waals surface area (Å²) in [6.45, 7) is 3.91. The van der Waals surface area contributed by atoms with Gasteiger partial charge in [0.15, 0.2) is 0 Å². The van der Waals surface area contributed by atoms with Crippen LogP contribution in [0.25, 0.3) is 21.3 Å². The molecule has 0 aliphatic heterocycles. The van der Waals surface area contributed by atoms with E-state index in [0.717, 1.165) is 43.8 Å². The van der Waals surface area contributed by atoms with E-state index in [1.54, 1.807) is 17.4 Å². The van der Waals surface area contributed by atoms with E-state index in [4.69, 9.17) is 11.6 Å². The predicted molar refractivity (Wildman–Crippen MR) is 129 cm³/mol. The fourth-order valence-electron chi connectivity index (χ4n) is 3.78. The van der Waals surface area contributed by atoms with Crippen LogP contribution >= 0.6 is 22.9 Å². The number of thiophene rings is 1. The van der Waals surface area contributed by atoms with E-state index in [1.807, 2.05) is 43.3 Å². The van der Waals surface area contributed by atoms with Crippen molar-refractivity contribution in [3.63, 3.8) is 0 Å². The molecule has 32 heavy (non-hydrogen) atoms. The minimum absolute atomic E-state index is 0.0221. The van der Waals surface area contributed by atoms with Gasteiger partial charge in [0.1, 0.15) is 28.8 Å². The summed E-state index contributed by atoms with van der Waals surface area (Å²) in [7, 11) is 0. The molecule has 2 aromatic heterocycles. The second kappa shape index (κ2) is 9.14. The van der Waals surface area contributed by atoms with Crippen molar-refractivity contribution >= 4 is 44.9 Å². The molecule has 0 aliphatic rings. The molecule has 164 valence electrons. The number of hydrogen-bond donors (Lipinski definition) is 3. The van der Waals surface area contributed by atoms with Crippen LogP contribution in [0, 0.1) is 6.92 Å². The van der Waals surface area contributed by atoms with Crippen LogP contribution in [-0.2, 0) is 17.6 Å². The number of nitrogens with one attached hydrogen (secondary N) is 1. The van der Waals surface area contributed by atoms with Crippen molar-refractivity contribution in [2.75, 3.05) is 5.32 Å². The molecule has 0 saturated heterocycles. The van der Waals surface area contributed by atoms with Crippen molar-refractivity contribution < 1.29 is 15.0 Å². The fourth-order valence-corrected chi connectivity index (χ4v) is 5.04. The quantitative estimate of drug-likeness (QED) is 0.323. The number of aryl methyl sites for hydroxylation is 1. The Balaban J connectivity index is 1.85. The Morgan fingerprint density at radius 1 is 1.19 bits per heavy atom. The molecule has 0 aliphatic carbocycles. The van der Waals surface area contributed by atoms with E-state index in [9.17, 15) is 15.0 Å². The summed E-state index contributed by atoms with van der Waals surface area (Å²) in [5, 5.41) is 24.1. The van der Waals surface area contributed by atoms with Gasteiger partial charge in [0.05, 0.1) is 10.4 Å². The Hall–Kier alpha value is -3.16. The first-order valence-electron chi connectivity index (χ1n) is 10.2. The van der Waals surface area contributed by atoms with Crippen LogP contribution in [0.15, 0.2) is 48.8 Å². The van der Waals surface area contributed by atoms with Gasteiger partial charge < -0.3 is 15.5 Å². The van der Waals surface area contributed by atoms with Crippen molar-refractivity contribution in [2.45, 2.75) is 32.7 Å². The van der Waals surface area contributed by atoms with Gasteiger partial charge in [-0.2, -0.15) is 0 Å². The predicted octanol–water partition coefficient (Wildman–Crippen LogP) is 5.70. The molecule has 6 nitrogen and oxygen atoms in total. The van der Waals surface area contributed by atoms with Crippen molar-refractivity contribution in [3.05, 3.63) is 69.8 Å². The second-order valence-corrected chi connectivity index (χ2v) is 8.91. The number of anilines is 1. The van der Waals surface area contributed by atoms with Gasteiger partial charge in [-0.1, -0.05) is 54.9 Å². The van der Waals surface area contributed by atoms with Gasteiger partial charge in [0, 0.05) is 16.9 Å². The Morgan fingerprint density at radius 3 is 2.62 bits per heavy atom. The second-order valence-electron chi connectivity index (χ2n) is 7.45. The highest BCUT2D eigenvalue weighted by Crippen LogP contribution is 2.44. The van der Waals surface area contributed by atoms with Gasteiger partial charge in [0.25, 0.3) is 0 Å². The maximum absolute atomic E-state index is 12.0. The van der Waals surface area contributed by atoms with E-state index >= 15 is 0 Å². The first kappa shape index (κ1) is 22.0. The average Bonchev–Trinajstić information content (AvgIpc) is 3.17. The van der Waals surface area contributed by atoms with Crippen LogP contribution in [0.5, 0.6) is 5.75 Å². The zero-order chi connectivity index (χ0) is 22.8. The smallest absolute Gasteiger partial charge is 0.326 e. The van der Waals surface area contributed by atoms with Gasteiger partial charge in [0.2, 0.25) is 0 Å². The van der Waals surface area contributed by atoms with Crippen LogP contribution in [0.2, 0.25) is 5.02 Å². The lowest BCUT2D eigenvalue weighted by atomic mass is 9.97. The number of hydrogen-bond acceptors (Lipinski definition) is 6. The molecule has 4 rings (SSSR count). The zero-order valence-electron chi connectivity index (χ0n) is 17.6. The Morgan fingerprint density at radius 2 is 1.94 bits per heavy atom. The molecular weight excluding hydrogens is 446 g/mol. The number of benzene rings is 2. The molecule has 2 heterocycles. The van der Waals surface area contributed by atoms with Gasteiger partial charge in [-0.15, -0.1) is 11.3 Å². The van der Waals surface area contributed by atoms with Crippen LogP contribution in [0.4, 0.5) is 5.82 Å². The highest BCUT2D eigenvalue weighted by molar-refractivity contribution is 7.19. The first-order valence-corrected chi connectivity index (χ1v) is 11.4. The number of carboxylic acids is 1. The molecule has 1 unspecified atom stereocenters. The maximum Gasteiger partial charge on any atom is 0.326 e. The van der Waals surface area contributed by atoms with E-state index in [1.165, 1.54) is 6.33 Å². The topological polar surface area (TPSA) is 95.3 Å². The lowest BCUT2D eigenvalue weighted by Crippen LogP contribution is -2.32. The molecule has 0 spiro atoms. The van der Waals surface area contributed by atoms with Crippen molar-refractivity contribution in [3.8, 4) is 16.9 Å². The summed E-state index contributed by atoms with van der Waals surface area (Å²) >= 11 is 7.88. The zero-order valence-corrected chi connectivity index (χ0v) is 19.2. The van der Waals surface area contributed by atoms with Gasteiger partial charge in [-0.25, -0.2) is 14.8 Å². The largest absolute Gasteiger partial charge is 0.506 e. The SMILES string of the molecule is CCc1sc2ncnc(NC(Cc3ccccc3)C(=O)O)c2c1-c1ccc(O)c(Cl)c1C. The Kier molecular flexibility index (Phi) is 6.30. The maximum atomic E-state index is 12.0. The molecule has 8 heteroatoms. The Bertz CT molecular complexity index is 1290. The summed E-state index contributed by atoms with van der Waals surface area (Å²) in [6.07, 6.45) is 2.52. The van der Waals surface area contributed by atoms with Gasteiger partial charge >= 0.3 is 5.97 Å². The lowest BCUT2D eigenvalue weighted by molar-refractivity contribution is -0.137. The number of aromatic hydroxyl groups is 1. The molecule has 2 aromatic carbocycles. The third-order valence-electron chi connectivity index (χ3n) is 5.41. The summed E-state index contributed by atoms with van der Waals surface area (Å²) in [5.74, 6) is -0.473. The highest BCUT2D eigenvalue weighted by Gasteiger charge is 2.24.